The van der Waals surface area contributed by atoms with E-state index in [1.165, 1.54) is 10.9 Å². The largest absolute Gasteiger partial charge is 0.465 e. The molecule has 0 spiro atoms. The van der Waals surface area contributed by atoms with Crippen LogP contribution < -0.4 is 10.9 Å². The van der Waals surface area contributed by atoms with Crippen molar-refractivity contribution in [2.75, 3.05) is 11.9 Å². The molecule has 0 unspecified atom stereocenters. The molecule has 6 nitrogen and oxygen atoms in total. The van der Waals surface area contributed by atoms with Crippen LogP contribution in [0.3, 0.4) is 0 Å². The van der Waals surface area contributed by atoms with Crippen LogP contribution in [0.25, 0.3) is 0 Å². The van der Waals surface area contributed by atoms with Crippen molar-refractivity contribution in [3.8, 4) is 0 Å². The average molecular weight is 362 g/mol. The zero-order chi connectivity index (χ0) is 18.0. The van der Waals surface area contributed by atoms with Gasteiger partial charge in [0.05, 0.1) is 24.7 Å². The molecular weight excluding hydrogens is 342 g/mol. The Morgan fingerprint density at radius 3 is 2.80 bits per heavy atom. The van der Waals surface area contributed by atoms with Crippen LogP contribution in [-0.4, -0.2) is 22.1 Å². The summed E-state index contributed by atoms with van der Waals surface area (Å²) in [5.74, 6) is -0.327. The van der Waals surface area contributed by atoms with E-state index in [1.807, 2.05) is 31.2 Å². The number of carbonyl (C=O) groups is 1. The molecule has 0 saturated carbocycles. The predicted molar refractivity (Wildman–Crippen MR) is 96.0 cm³/mol. The van der Waals surface area contributed by atoms with Crippen molar-refractivity contribution < 1.29 is 9.53 Å². The topological polar surface area (TPSA) is 73.2 Å². The molecule has 1 aromatic heterocycles. The van der Waals surface area contributed by atoms with Gasteiger partial charge in [-0.1, -0.05) is 30.7 Å². The van der Waals surface area contributed by atoms with Gasteiger partial charge in [0.25, 0.3) is 5.56 Å². The van der Waals surface area contributed by atoms with Gasteiger partial charge in [-0.3, -0.25) is 14.2 Å². The number of ether oxygens (including phenoxy) is 1. The highest BCUT2D eigenvalue weighted by Gasteiger charge is 2.28. The number of hydrogen-bond donors (Lipinski definition) is 1. The van der Waals surface area contributed by atoms with Crippen LogP contribution >= 0.6 is 11.6 Å². The van der Waals surface area contributed by atoms with Gasteiger partial charge >= 0.3 is 5.97 Å². The maximum Gasteiger partial charge on any atom is 0.326 e. The van der Waals surface area contributed by atoms with E-state index in [9.17, 15) is 9.59 Å². The molecule has 1 aromatic carbocycles. The Bertz CT molecular complexity index is 832. The van der Waals surface area contributed by atoms with Gasteiger partial charge in [-0.25, -0.2) is 4.98 Å². The average Bonchev–Trinajstić information content (AvgIpc) is 2.58. The minimum Gasteiger partial charge on any atom is -0.465 e. The van der Waals surface area contributed by atoms with Crippen LogP contribution in [-0.2, 0) is 16.1 Å². The highest BCUT2D eigenvalue weighted by molar-refractivity contribution is 6.30. The minimum absolute atomic E-state index is 0.00675. The van der Waals surface area contributed by atoms with Gasteiger partial charge in [0, 0.05) is 10.9 Å². The Morgan fingerprint density at radius 2 is 2.12 bits per heavy atom. The first-order valence-corrected chi connectivity index (χ1v) is 8.64. The third-order valence-corrected chi connectivity index (χ3v) is 4.57. The Hall–Kier alpha value is -2.34. The van der Waals surface area contributed by atoms with Gasteiger partial charge in [0.2, 0.25) is 0 Å². The van der Waals surface area contributed by atoms with Crippen LogP contribution in [0.15, 0.2) is 35.4 Å². The lowest BCUT2D eigenvalue weighted by atomic mass is 9.89. The summed E-state index contributed by atoms with van der Waals surface area (Å²) in [5, 5.41) is 3.96. The van der Waals surface area contributed by atoms with Crippen LogP contribution in [0.4, 0.5) is 5.69 Å². The first-order valence-electron chi connectivity index (χ1n) is 8.26. The Morgan fingerprint density at radius 1 is 1.40 bits per heavy atom. The molecule has 0 fully saturated rings. The number of hydrogen-bond acceptors (Lipinski definition) is 5. The second-order valence-electron chi connectivity index (χ2n) is 6.13. The van der Waals surface area contributed by atoms with E-state index in [0.29, 0.717) is 10.7 Å². The standard InChI is InChI=1S/C18H20ClN3O3/c1-3-25-15(23)9-22-10-20-16-11(2)8-14(21-17(16)18(22)24)12-4-6-13(19)7-5-12/h4-7,10-11,14,21H,3,8-9H2,1-2H3/t11-,14-/m0/s1. The van der Waals surface area contributed by atoms with Crippen molar-refractivity contribution in [2.24, 2.45) is 0 Å². The van der Waals surface area contributed by atoms with Crippen LogP contribution in [0.2, 0.25) is 5.02 Å². The summed E-state index contributed by atoms with van der Waals surface area (Å²) in [4.78, 5) is 28.8. The lowest BCUT2D eigenvalue weighted by Crippen LogP contribution is -2.33. The molecule has 25 heavy (non-hydrogen) atoms. The lowest BCUT2D eigenvalue weighted by molar-refractivity contribution is -0.143. The predicted octanol–water partition coefficient (Wildman–Crippen LogP) is 3.12. The van der Waals surface area contributed by atoms with Gasteiger partial charge in [0.1, 0.15) is 12.2 Å². The quantitative estimate of drug-likeness (QED) is 0.847. The summed E-state index contributed by atoms with van der Waals surface area (Å²) in [6.07, 6.45) is 2.24. The molecule has 1 N–H and O–H groups in total. The van der Waals surface area contributed by atoms with Crippen molar-refractivity contribution >= 4 is 23.3 Å². The Labute approximate surface area is 150 Å². The molecule has 2 heterocycles. The number of fused-ring (bicyclic) bond motifs is 1. The van der Waals surface area contributed by atoms with Crippen molar-refractivity contribution in [3.63, 3.8) is 0 Å². The number of anilines is 1. The SMILES string of the molecule is CCOC(=O)Cn1cnc2c(c1=O)N[C@H](c1ccc(Cl)cc1)C[C@@H]2C. The van der Waals surface area contributed by atoms with Crippen molar-refractivity contribution in [1.29, 1.82) is 0 Å². The molecule has 0 saturated heterocycles. The normalized spacial score (nSPS) is 19.0. The summed E-state index contributed by atoms with van der Waals surface area (Å²) in [6, 6.07) is 7.56. The summed E-state index contributed by atoms with van der Waals surface area (Å²) in [5.41, 5.74) is 1.98. The molecule has 2 atom stereocenters. The third-order valence-electron chi connectivity index (χ3n) is 4.32. The molecule has 1 aliphatic heterocycles. The monoisotopic (exact) mass is 361 g/mol. The van der Waals surface area contributed by atoms with Gasteiger partial charge in [-0.2, -0.15) is 0 Å². The maximum atomic E-state index is 12.8. The van der Waals surface area contributed by atoms with Gasteiger partial charge in [0.15, 0.2) is 0 Å². The first-order chi connectivity index (χ1) is 12.0. The zero-order valence-corrected chi connectivity index (χ0v) is 14.9. The Kier molecular flexibility index (Phi) is 5.08. The maximum absolute atomic E-state index is 12.8. The second kappa shape index (κ2) is 7.27. The summed E-state index contributed by atoms with van der Waals surface area (Å²) in [6.45, 7) is 3.91. The molecular formula is C18H20ClN3O3. The number of nitrogens with zero attached hydrogens (tertiary/aromatic N) is 2. The molecule has 0 radical (unpaired) electrons. The summed E-state index contributed by atoms with van der Waals surface area (Å²) < 4.78 is 6.19. The van der Waals surface area contributed by atoms with E-state index in [0.717, 1.165) is 17.7 Å². The molecule has 0 bridgehead atoms. The van der Waals surface area contributed by atoms with Crippen molar-refractivity contribution in [1.82, 2.24) is 9.55 Å². The van der Waals surface area contributed by atoms with Crippen LogP contribution in [0.1, 0.15) is 43.5 Å². The van der Waals surface area contributed by atoms with Crippen LogP contribution in [0, 0.1) is 0 Å². The molecule has 0 amide bonds. The molecule has 132 valence electrons. The van der Waals surface area contributed by atoms with Gasteiger partial charge in [-0.05, 0) is 31.0 Å². The molecule has 7 heteroatoms. The number of aromatic nitrogens is 2. The van der Waals surface area contributed by atoms with E-state index in [4.69, 9.17) is 16.3 Å². The summed E-state index contributed by atoms with van der Waals surface area (Å²) >= 11 is 5.95. The smallest absolute Gasteiger partial charge is 0.326 e. The highest BCUT2D eigenvalue weighted by atomic mass is 35.5. The number of halogens is 1. The fourth-order valence-corrected chi connectivity index (χ4v) is 3.21. The molecule has 0 aliphatic carbocycles. The number of carbonyl (C=O) groups excluding carboxylic acids is 1. The van der Waals surface area contributed by atoms with Crippen molar-refractivity contribution in [3.05, 3.63) is 57.2 Å². The number of esters is 1. The van der Waals surface area contributed by atoms with Gasteiger partial charge in [-0.15, -0.1) is 0 Å². The molecule has 1 aliphatic rings. The fourth-order valence-electron chi connectivity index (χ4n) is 3.08. The van der Waals surface area contributed by atoms with E-state index in [1.54, 1.807) is 6.92 Å². The number of benzene rings is 1. The minimum atomic E-state index is -0.454. The first kappa shape index (κ1) is 17.5. The number of nitrogens with one attached hydrogen (secondary N) is 1. The van der Waals surface area contributed by atoms with Gasteiger partial charge < -0.3 is 10.1 Å². The second-order valence-corrected chi connectivity index (χ2v) is 6.56. The molecule has 3 rings (SSSR count). The zero-order valence-electron chi connectivity index (χ0n) is 14.2. The Balaban J connectivity index is 1.91. The van der Waals surface area contributed by atoms with Crippen LogP contribution in [0.5, 0.6) is 0 Å². The fraction of sp³-hybridized carbons (Fsp3) is 0.389. The van der Waals surface area contributed by atoms with E-state index in [-0.39, 0.29) is 30.7 Å². The highest BCUT2D eigenvalue weighted by Crippen LogP contribution is 2.37. The third kappa shape index (κ3) is 3.69. The van der Waals surface area contributed by atoms with Crippen molar-refractivity contribution in [2.45, 2.75) is 38.8 Å². The summed E-state index contributed by atoms with van der Waals surface area (Å²) in [7, 11) is 0. The number of rotatable bonds is 4. The molecule has 2 aromatic rings. The van der Waals surface area contributed by atoms with E-state index >= 15 is 0 Å². The van der Waals surface area contributed by atoms with E-state index in [2.05, 4.69) is 10.3 Å². The van der Waals surface area contributed by atoms with E-state index < -0.39 is 5.97 Å². The lowest BCUT2D eigenvalue weighted by Gasteiger charge is -2.30.